The van der Waals surface area contributed by atoms with Gasteiger partial charge in [0.25, 0.3) is 0 Å². The van der Waals surface area contributed by atoms with E-state index in [0.29, 0.717) is 36.3 Å². The van der Waals surface area contributed by atoms with E-state index in [1.807, 2.05) is 0 Å². The fourth-order valence-corrected chi connectivity index (χ4v) is 1.86. The van der Waals surface area contributed by atoms with Crippen LogP contribution in [0.5, 0.6) is 11.5 Å². The number of rotatable bonds is 9. The smallest absolute Gasteiger partial charge is 0.332 e. The summed E-state index contributed by atoms with van der Waals surface area (Å²) in [6.07, 6.45) is 0. The summed E-state index contributed by atoms with van der Waals surface area (Å²) >= 11 is 6.06. The maximum absolute atomic E-state index is 11.1. The van der Waals surface area contributed by atoms with Crippen molar-refractivity contribution in [1.29, 1.82) is 0 Å². The van der Waals surface area contributed by atoms with Crippen molar-refractivity contribution in [2.45, 2.75) is 6.92 Å². The van der Waals surface area contributed by atoms with Gasteiger partial charge in [0.05, 0.1) is 38.1 Å². The second-order valence-electron chi connectivity index (χ2n) is 3.97. The molecule has 1 rings (SSSR count). The Balaban J connectivity index is 2.44. The lowest BCUT2D eigenvalue weighted by Gasteiger charge is -2.13. The number of anilines is 1. The lowest BCUT2D eigenvalue weighted by Crippen LogP contribution is -2.16. The Morgan fingerprint density at radius 2 is 1.95 bits per heavy atom. The third-order valence-electron chi connectivity index (χ3n) is 2.56. The third kappa shape index (κ3) is 5.69. The monoisotopic (exact) mass is 317 g/mol. The number of esters is 1. The van der Waals surface area contributed by atoms with Gasteiger partial charge in [-0.25, -0.2) is 4.79 Å². The van der Waals surface area contributed by atoms with Crippen LogP contribution in [0.25, 0.3) is 0 Å². The maximum Gasteiger partial charge on any atom is 0.332 e. The summed E-state index contributed by atoms with van der Waals surface area (Å²) in [6, 6.07) is 3.41. The molecule has 0 radical (unpaired) electrons. The summed E-state index contributed by atoms with van der Waals surface area (Å²) in [7, 11) is 3.10. The van der Waals surface area contributed by atoms with Crippen molar-refractivity contribution in [2.75, 3.05) is 45.9 Å². The Labute approximate surface area is 129 Å². The standard InChI is InChI=1S/C14H20ClNO5/c1-4-21-14(17)9-20-6-5-16-11-7-10(15)12(18-2)8-13(11)19-3/h7-8,16H,4-6,9H2,1-3H3. The summed E-state index contributed by atoms with van der Waals surface area (Å²) < 4.78 is 20.3. The molecule has 0 saturated heterocycles. The van der Waals surface area contributed by atoms with Crippen molar-refractivity contribution in [3.63, 3.8) is 0 Å². The van der Waals surface area contributed by atoms with E-state index in [-0.39, 0.29) is 12.6 Å². The van der Waals surface area contributed by atoms with Crippen LogP contribution >= 0.6 is 11.6 Å². The lowest BCUT2D eigenvalue weighted by atomic mass is 10.2. The number of carbonyl (C=O) groups excluding carboxylic acids is 1. The van der Waals surface area contributed by atoms with E-state index in [1.54, 1.807) is 26.2 Å². The van der Waals surface area contributed by atoms with E-state index < -0.39 is 0 Å². The minimum atomic E-state index is -0.373. The Kier molecular flexibility index (Phi) is 7.71. The number of ether oxygens (including phenoxy) is 4. The van der Waals surface area contributed by atoms with Crippen LogP contribution in [0, 0.1) is 0 Å². The average Bonchev–Trinajstić information content (AvgIpc) is 2.47. The molecule has 0 spiro atoms. The Hall–Kier alpha value is -1.66. The number of nitrogens with one attached hydrogen (secondary N) is 1. The van der Waals surface area contributed by atoms with Gasteiger partial charge < -0.3 is 24.3 Å². The van der Waals surface area contributed by atoms with Gasteiger partial charge in [0.1, 0.15) is 18.1 Å². The van der Waals surface area contributed by atoms with Crippen molar-refractivity contribution >= 4 is 23.3 Å². The van der Waals surface area contributed by atoms with Gasteiger partial charge in [0, 0.05) is 12.6 Å². The van der Waals surface area contributed by atoms with Crippen LogP contribution in [0.3, 0.4) is 0 Å². The summed E-state index contributed by atoms with van der Waals surface area (Å²) in [5.74, 6) is 0.779. The average molecular weight is 318 g/mol. The Morgan fingerprint density at radius 3 is 2.57 bits per heavy atom. The second kappa shape index (κ2) is 9.31. The number of methoxy groups -OCH3 is 2. The molecule has 0 fully saturated rings. The molecule has 0 atom stereocenters. The van der Waals surface area contributed by atoms with Gasteiger partial charge in [-0.05, 0) is 13.0 Å². The van der Waals surface area contributed by atoms with Gasteiger partial charge in [-0.3, -0.25) is 0 Å². The van der Waals surface area contributed by atoms with Crippen molar-refractivity contribution < 1.29 is 23.7 Å². The van der Waals surface area contributed by atoms with Gasteiger partial charge >= 0.3 is 5.97 Å². The molecule has 1 aromatic rings. The SMILES string of the molecule is CCOC(=O)COCCNc1cc(Cl)c(OC)cc1OC. The van der Waals surface area contributed by atoms with Crippen molar-refractivity contribution in [2.24, 2.45) is 0 Å². The van der Waals surface area contributed by atoms with E-state index in [1.165, 1.54) is 7.11 Å². The first-order valence-electron chi connectivity index (χ1n) is 6.51. The predicted octanol–water partition coefficient (Wildman–Crippen LogP) is 2.35. The van der Waals surface area contributed by atoms with Gasteiger partial charge in [-0.15, -0.1) is 0 Å². The van der Waals surface area contributed by atoms with E-state index in [4.69, 9.17) is 30.5 Å². The fraction of sp³-hybridized carbons (Fsp3) is 0.500. The quantitative estimate of drug-likeness (QED) is 0.557. The van der Waals surface area contributed by atoms with E-state index >= 15 is 0 Å². The highest BCUT2D eigenvalue weighted by Gasteiger charge is 2.09. The normalized spacial score (nSPS) is 10.1. The zero-order valence-corrected chi connectivity index (χ0v) is 13.2. The molecule has 1 N–H and O–H groups in total. The van der Waals surface area contributed by atoms with Crippen molar-refractivity contribution in [3.8, 4) is 11.5 Å². The molecular formula is C14H20ClNO5. The highest BCUT2D eigenvalue weighted by Crippen LogP contribution is 2.35. The van der Waals surface area contributed by atoms with Crippen molar-refractivity contribution in [1.82, 2.24) is 0 Å². The third-order valence-corrected chi connectivity index (χ3v) is 2.86. The van der Waals surface area contributed by atoms with Crippen LogP contribution in [0.4, 0.5) is 5.69 Å². The van der Waals surface area contributed by atoms with E-state index in [9.17, 15) is 4.79 Å². The molecule has 21 heavy (non-hydrogen) atoms. The minimum absolute atomic E-state index is 0.0595. The summed E-state index contributed by atoms with van der Waals surface area (Å²) in [6.45, 7) is 2.89. The van der Waals surface area contributed by atoms with Gasteiger partial charge in [0.15, 0.2) is 0 Å². The Morgan fingerprint density at radius 1 is 1.24 bits per heavy atom. The summed E-state index contributed by atoms with van der Waals surface area (Å²) in [5, 5.41) is 3.60. The largest absolute Gasteiger partial charge is 0.495 e. The summed E-state index contributed by atoms with van der Waals surface area (Å²) in [5.41, 5.74) is 0.725. The number of carbonyl (C=O) groups is 1. The van der Waals surface area contributed by atoms with Gasteiger partial charge in [-0.1, -0.05) is 11.6 Å². The van der Waals surface area contributed by atoms with Crippen molar-refractivity contribution in [3.05, 3.63) is 17.2 Å². The highest BCUT2D eigenvalue weighted by atomic mass is 35.5. The molecule has 0 bridgehead atoms. The molecule has 0 saturated carbocycles. The zero-order valence-electron chi connectivity index (χ0n) is 12.4. The molecule has 0 aliphatic rings. The molecule has 0 aliphatic heterocycles. The molecule has 7 heteroatoms. The molecule has 0 unspecified atom stereocenters. The first-order chi connectivity index (χ1) is 10.1. The highest BCUT2D eigenvalue weighted by molar-refractivity contribution is 6.32. The molecule has 0 aliphatic carbocycles. The van der Waals surface area contributed by atoms with E-state index in [2.05, 4.69) is 5.32 Å². The van der Waals surface area contributed by atoms with Crippen LogP contribution in [-0.4, -0.2) is 46.6 Å². The number of hydrogen-bond acceptors (Lipinski definition) is 6. The minimum Gasteiger partial charge on any atom is -0.495 e. The van der Waals surface area contributed by atoms with Gasteiger partial charge in [-0.2, -0.15) is 0 Å². The fourth-order valence-electron chi connectivity index (χ4n) is 1.61. The Bertz CT molecular complexity index is 467. The molecular weight excluding hydrogens is 298 g/mol. The first kappa shape index (κ1) is 17.4. The zero-order chi connectivity index (χ0) is 15.7. The van der Waals surface area contributed by atoms with Crippen LogP contribution < -0.4 is 14.8 Å². The topological polar surface area (TPSA) is 66.0 Å². The number of benzene rings is 1. The van der Waals surface area contributed by atoms with Crippen LogP contribution in [0.2, 0.25) is 5.02 Å². The van der Waals surface area contributed by atoms with E-state index in [0.717, 1.165) is 5.69 Å². The van der Waals surface area contributed by atoms with Crippen LogP contribution in [0.1, 0.15) is 6.92 Å². The molecule has 0 amide bonds. The number of halogens is 1. The van der Waals surface area contributed by atoms with Crippen LogP contribution in [0.15, 0.2) is 12.1 Å². The molecule has 1 aromatic carbocycles. The molecule has 6 nitrogen and oxygen atoms in total. The number of hydrogen-bond donors (Lipinski definition) is 1. The molecule has 0 heterocycles. The maximum atomic E-state index is 11.1. The lowest BCUT2D eigenvalue weighted by molar-refractivity contribution is -0.148. The predicted molar refractivity (Wildman–Crippen MR) is 80.5 cm³/mol. The molecule has 118 valence electrons. The van der Waals surface area contributed by atoms with Crippen LogP contribution in [-0.2, 0) is 14.3 Å². The first-order valence-corrected chi connectivity index (χ1v) is 6.88. The summed E-state index contributed by atoms with van der Waals surface area (Å²) in [4.78, 5) is 11.1. The molecule has 0 aromatic heterocycles. The van der Waals surface area contributed by atoms with Gasteiger partial charge in [0.2, 0.25) is 0 Å². The second-order valence-corrected chi connectivity index (χ2v) is 4.38.